The van der Waals surface area contributed by atoms with Gasteiger partial charge in [0.15, 0.2) is 5.76 Å². The lowest BCUT2D eigenvalue weighted by Gasteiger charge is -2.07. The Morgan fingerprint density at radius 3 is 2.91 bits per heavy atom. The van der Waals surface area contributed by atoms with E-state index < -0.39 is 0 Å². The maximum absolute atomic E-state index is 5.35. The van der Waals surface area contributed by atoms with Gasteiger partial charge in [-0.1, -0.05) is 23.5 Å². The number of hydrogen-bond acceptors (Lipinski definition) is 7. The summed E-state index contributed by atoms with van der Waals surface area (Å²) in [5, 5.41) is 16.6. The van der Waals surface area contributed by atoms with E-state index in [0.29, 0.717) is 21.7 Å². The molecule has 4 aromatic rings. The number of nitrogens with zero attached hydrogens (tertiary/aromatic N) is 4. The van der Waals surface area contributed by atoms with Crippen molar-refractivity contribution < 1.29 is 9.15 Å². The van der Waals surface area contributed by atoms with Crippen LogP contribution in [0.1, 0.15) is 0 Å². The van der Waals surface area contributed by atoms with E-state index in [2.05, 4.69) is 20.6 Å². The van der Waals surface area contributed by atoms with Crippen molar-refractivity contribution in [1.29, 1.82) is 0 Å². The highest BCUT2D eigenvalue weighted by Crippen LogP contribution is 2.30. The number of para-hydroxylation sites is 2. The summed E-state index contributed by atoms with van der Waals surface area (Å²) in [7, 11) is 1.63. The Hall–Kier alpha value is -2.87. The Kier molecular flexibility index (Phi) is 3.01. The van der Waals surface area contributed by atoms with Crippen molar-refractivity contribution in [3.63, 3.8) is 0 Å². The number of nitrogens with one attached hydrogen (secondary N) is 1. The molecule has 0 radical (unpaired) electrons. The second-order valence-electron chi connectivity index (χ2n) is 4.43. The summed E-state index contributed by atoms with van der Waals surface area (Å²) in [5.41, 5.74) is 0.842. The van der Waals surface area contributed by atoms with Crippen molar-refractivity contribution in [2.24, 2.45) is 0 Å². The molecule has 0 atom stereocenters. The van der Waals surface area contributed by atoms with Gasteiger partial charge in [-0.25, -0.2) is 0 Å². The summed E-state index contributed by atoms with van der Waals surface area (Å²) in [4.78, 5) is 0.684. The van der Waals surface area contributed by atoms with E-state index in [1.165, 1.54) is 11.3 Å². The Morgan fingerprint density at radius 2 is 2.09 bits per heavy atom. The maximum atomic E-state index is 5.35. The number of fused-ring (bicyclic) bond motifs is 1. The average Bonchev–Trinajstić information content (AvgIpc) is 3.24. The number of anilines is 2. The van der Waals surface area contributed by atoms with Crippen molar-refractivity contribution in [2.75, 3.05) is 12.4 Å². The van der Waals surface area contributed by atoms with E-state index in [-0.39, 0.29) is 0 Å². The Bertz CT molecular complexity index is 913. The predicted octanol–water partition coefficient (Wildman–Crippen LogP) is 3.20. The van der Waals surface area contributed by atoms with Gasteiger partial charge < -0.3 is 14.5 Å². The van der Waals surface area contributed by atoms with Gasteiger partial charge in [0.05, 0.1) is 19.1 Å². The van der Waals surface area contributed by atoms with Crippen LogP contribution in [0.25, 0.3) is 16.5 Å². The molecule has 4 rings (SSSR count). The number of benzene rings is 1. The maximum Gasteiger partial charge on any atom is 0.236 e. The fourth-order valence-corrected chi connectivity index (χ4v) is 2.84. The fourth-order valence-electron chi connectivity index (χ4n) is 2.09. The lowest BCUT2D eigenvalue weighted by atomic mass is 10.3. The van der Waals surface area contributed by atoms with Gasteiger partial charge in [-0.2, -0.15) is 4.52 Å². The van der Waals surface area contributed by atoms with Gasteiger partial charge in [0, 0.05) is 0 Å². The van der Waals surface area contributed by atoms with Crippen molar-refractivity contribution >= 4 is 27.1 Å². The molecule has 1 N–H and O–H groups in total. The number of aromatic nitrogens is 4. The molecule has 3 aromatic heterocycles. The lowest BCUT2D eigenvalue weighted by molar-refractivity contribution is 0.417. The highest BCUT2D eigenvalue weighted by atomic mass is 32.1. The Morgan fingerprint density at radius 1 is 1.18 bits per heavy atom. The first-order valence-electron chi connectivity index (χ1n) is 6.51. The molecular weight excluding hydrogens is 302 g/mol. The molecule has 0 fully saturated rings. The van der Waals surface area contributed by atoms with Gasteiger partial charge in [0.1, 0.15) is 5.75 Å². The summed E-state index contributed by atoms with van der Waals surface area (Å²) in [6.45, 7) is 0. The van der Waals surface area contributed by atoms with Crippen LogP contribution in [0.5, 0.6) is 5.75 Å². The first-order valence-corrected chi connectivity index (χ1v) is 7.33. The van der Waals surface area contributed by atoms with Crippen LogP contribution in [0.3, 0.4) is 0 Å². The van der Waals surface area contributed by atoms with E-state index in [1.807, 2.05) is 30.3 Å². The van der Waals surface area contributed by atoms with E-state index >= 15 is 0 Å². The lowest BCUT2D eigenvalue weighted by Crippen LogP contribution is -1.95. The van der Waals surface area contributed by atoms with Gasteiger partial charge in [-0.05, 0) is 24.3 Å². The standard InChI is InChI=1S/C14H11N5O2S/c1-20-10-6-3-2-5-9(10)15-13-18-19-12(11-7-4-8-21-11)16-17-14(19)22-13/h2-8H,1H3,(H,15,18). The van der Waals surface area contributed by atoms with Crippen LogP contribution in [0.15, 0.2) is 47.1 Å². The largest absolute Gasteiger partial charge is 0.495 e. The molecule has 0 bridgehead atoms. The third-order valence-corrected chi connectivity index (χ3v) is 3.90. The molecule has 8 heteroatoms. The molecule has 1 aromatic carbocycles. The summed E-state index contributed by atoms with van der Waals surface area (Å²) in [6.07, 6.45) is 1.59. The molecule has 0 amide bonds. The molecule has 0 unspecified atom stereocenters. The van der Waals surface area contributed by atoms with Crippen molar-refractivity contribution in [3.05, 3.63) is 42.7 Å². The SMILES string of the molecule is COc1ccccc1Nc1nn2c(-c3ccco3)nnc2s1. The average molecular weight is 313 g/mol. The first-order chi connectivity index (χ1) is 10.8. The Labute approximate surface area is 129 Å². The summed E-state index contributed by atoms with van der Waals surface area (Å²) < 4.78 is 12.3. The van der Waals surface area contributed by atoms with E-state index in [0.717, 1.165) is 11.4 Å². The zero-order valence-corrected chi connectivity index (χ0v) is 12.4. The summed E-state index contributed by atoms with van der Waals surface area (Å²) >= 11 is 1.40. The monoisotopic (exact) mass is 313 g/mol. The molecule has 0 aliphatic carbocycles. The topological polar surface area (TPSA) is 77.5 Å². The zero-order chi connectivity index (χ0) is 14.9. The van der Waals surface area contributed by atoms with Crippen LogP contribution in [-0.2, 0) is 0 Å². The van der Waals surface area contributed by atoms with Gasteiger partial charge in [0.2, 0.25) is 15.9 Å². The van der Waals surface area contributed by atoms with Crippen LogP contribution >= 0.6 is 11.3 Å². The number of rotatable bonds is 4. The molecule has 0 spiro atoms. The molecule has 0 saturated carbocycles. The van der Waals surface area contributed by atoms with Crippen LogP contribution < -0.4 is 10.1 Å². The molecule has 22 heavy (non-hydrogen) atoms. The van der Waals surface area contributed by atoms with Crippen LogP contribution in [0.2, 0.25) is 0 Å². The third-order valence-electron chi connectivity index (χ3n) is 3.08. The highest BCUT2D eigenvalue weighted by Gasteiger charge is 2.15. The number of furan rings is 1. The van der Waals surface area contributed by atoms with Gasteiger partial charge in [-0.15, -0.1) is 15.3 Å². The molecular formula is C14H11N5O2S. The number of hydrogen-bond donors (Lipinski definition) is 1. The number of ether oxygens (including phenoxy) is 1. The minimum atomic E-state index is 0.573. The van der Waals surface area contributed by atoms with Gasteiger partial charge in [0.25, 0.3) is 0 Å². The van der Waals surface area contributed by atoms with E-state index in [9.17, 15) is 0 Å². The molecule has 7 nitrogen and oxygen atoms in total. The third kappa shape index (κ3) is 2.09. The second-order valence-corrected chi connectivity index (χ2v) is 5.38. The van der Waals surface area contributed by atoms with Crippen molar-refractivity contribution in [3.8, 4) is 17.3 Å². The molecule has 110 valence electrons. The van der Waals surface area contributed by atoms with Crippen molar-refractivity contribution in [1.82, 2.24) is 19.8 Å². The summed E-state index contributed by atoms with van der Waals surface area (Å²) in [6, 6.07) is 11.3. The second kappa shape index (κ2) is 5.15. The molecule has 0 saturated heterocycles. The predicted molar refractivity (Wildman–Crippen MR) is 82.6 cm³/mol. The quantitative estimate of drug-likeness (QED) is 0.623. The zero-order valence-electron chi connectivity index (χ0n) is 11.6. The van der Waals surface area contributed by atoms with Crippen LogP contribution in [-0.4, -0.2) is 26.9 Å². The van der Waals surface area contributed by atoms with E-state index in [4.69, 9.17) is 9.15 Å². The molecule has 0 aliphatic heterocycles. The van der Waals surface area contributed by atoms with Crippen molar-refractivity contribution in [2.45, 2.75) is 0 Å². The Balaban J connectivity index is 1.72. The fraction of sp³-hybridized carbons (Fsp3) is 0.0714. The first kappa shape index (κ1) is 12.8. The normalized spacial score (nSPS) is 11.0. The smallest absolute Gasteiger partial charge is 0.236 e. The highest BCUT2D eigenvalue weighted by molar-refractivity contribution is 7.20. The summed E-state index contributed by atoms with van der Waals surface area (Å²) in [5.74, 6) is 1.95. The minimum Gasteiger partial charge on any atom is -0.495 e. The van der Waals surface area contributed by atoms with E-state index in [1.54, 1.807) is 24.0 Å². The van der Waals surface area contributed by atoms with Crippen LogP contribution in [0.4, 0.5) is 10.8 Å². The molecule has 0 aliphatic rings. The molecule has 3 heterocycles. The minimum absolute atomic E-state index is 0.573. The van der Waals surface area contributed by atoms with Gasteiger partial charge in [-0.3, -0.25) is 0 Å². The van der Waals surface area contributed by atoms with Crippen LogP contribution in [0, 0.1) is 0 Å². The number of methoxy groups -OCH3 is 1. The van der Waals surface area contributed by atoms with Gasteiger partial charge >= 0.3 is 0 Å².